The molecule has 1 amide bonds. The van der Waals surface area contributed by atoms with Crippen molar-refractivity contribution in [3.8, 4) is 11.5 Å². The van der Waals surface area contributed by atoms with E-state index in [0.29, 0.717) is 13.0 Å². The van der Waals surface area contributed by atoms with Crippen molar-refractivity contribution in [3.05, 3.63) is 23.8 Å². The lowest BCUT2D eigenvalue weighted by Gasteiger charge is -2.20. The number of methoxy groups -OCH3 is 1. The Balaban J connectivity index is 2.19. The Morgan fingerprint density at radius 2 is 2.14 bits per heavy atom. The fourth-order valence-corrected chi connectivity index (χ4v) is 2.73. The first-order valence-corrected chi connectivity index (χ1v) is 7.79. The van der Waals surface area contributed by atoms with Gasteiger partial charge in [-0.1, -0.05) is 26.3 Å². The maximum absolute atomic E-state index is 11.4. The molecule has 1 aromatic rings. The van der Waals surface area contributed by atoms with Crippen molar-refractivity contribution < 1.29 is 14.3 Å². The molecular formula is C17H25NO3. The summed E-state index contributed by atoms with van der Waals surface area (Å²) in [6, 6.07) is 5.99. The van der Waals surface area contributed by atoms with E-state index in [2.05, 4.69) is 19.2 Å². The molecule has 0 aliphatic carbocycles. The third-order valence-electron chi connectivity index (χ3n) is 4.00. The summed E-state index contributed by atoms with van der Waals surface area (Å²) in [5.41, 5.74) is 1.13. The summed E-state index contributed by atoms with van der Waals surface area (Å²) in [4.78, 5) is 11.4. The van der Waals surface area contributed by atoms with Crippen LogP contribution in [0.1, 0.15) is 51.0 Å². The molecule has 2 rings (SSSR count). The molecule has 1 aromatic carbocycles. The molecule has 0 aromatic heterocycles. The van der Waals surface area contributed by atoms with Gasteiger partial charge in [0.05, 0.1) is 13.2 Å². The number of nitrogens with one attached hydrogen (secondary N) is 1. The van der Waals surface area contributed by atoms with Gasteiger partial charge in [-0.05, 0) is 30.5 Å². The number of rotatable bonds is 7. The van der Waals surface area contributed by atoms with Crippen LogP contribution < -0.4 is 14.8 Å². The summed E-state index contributed by atoms with van der Waals surface area (Å²) < 4.78 is 11.5. The van der Waals surface area contributed by atoms with Crippen molar-refractivity contribution in [2.75, 3.05) is 13.7 Å². The van der Waals surface area contributed by atoms with Crippen LogP contribution in [0.15, 0.2) is 18.2 Å². The molecule has 1 aliphatic rings. The third kappa shape index (κ3) is 3.90. The Kier molecular flexibility index (Phi) is 5.48. The Morgan fingerprint density at radius 1 is 1.33 bits per heavy atom. The van der Waals surface area contributed by atoms with Gasteiger partial charge >= 0.3 is 0 Å². The Hall–Kier alpha value is -1.71. The molecule has 0 saturated carbocycles. The van der Waals surface area contributed by atoms with E-state index in [0.717, 1.165) is 36.3 Å². The molecule has 1 fully saturated rings. The molecule has 21 heavy (non-hydrogen) atoms. The van der Waals surface area contributed by atoms with Gasteiger partial charge < -0.3 is 14.8 Å². The van der Waals surface area contributed by atoms with Gasteiger partial charge in [0, 0.05) is 18.9 Å². The summed E-state index contributed by atoms with van der Waals surface area (Å²) in [5.74, 6) is 1.90. The van der Waals surface area contributed by atoms with Crippen LogP contribution in [0.4, 0.5) is 0 Å². The first-order valence-electron chi connectivity index (χ1n) is 7.79. The largest absolute Gasteiger partial charge is 0.493 e. The second-order valence-electron chi connectivity index (χ2n) is 5.55. The summed E-state index contributed by atoms with van der Waals surface area (Å²) in [5, 5.41) is 2.88. The van der Waals surface area contributed by atoms with Crippen molar-refractivity contribution in [1.82, 2.24) is 5.32 Å². The molecule has 1 N–H and O–H groups in total. The fraction of sp³-hybridized carbons (Fsp3) is 0.588. The molecule has 2 atom stereocenters. The number of hydrogen-bond acceptors (Lipinski definition) is 3. The molecule has 2 unspecified atom stereocenters. The zero-order chi connectivity index (χ0) is 15.2. The maximum atomic E-state index is 11.4. The van der Waals surface area contributed by atoms with Gasteiger partial charge in [0.1, 0.15) is 0 Å². The zero-order valence-electron chi connectivity index (χ0n) is 13.1. The fourth-order valence-electron chi connectivity index (χ4n) is 2.73. The topological polar surface area (TPSA) is 47.6 Å². The molecule has 1 aliphatic heterocycles. The molecule has 0 bridgehead atoms. The average Bonchev–Trinajstić information content (AvgIpc) is 2.93. The van der Waals surface area contributed by atoms with Crippen LogP contribution in [0.2, 0.25) is 0 Å². The van der Waals surface area contributed by atoms with Crippen LogP contribution in [-0.2, 0) is 4.79 Å². The van der Waals surface area contributed by atoms with E-state index in [-0.39, 0.29) is 17.9 Å². The van der Waals surface area contributed by atoms with Crippen LogP contribution in [0, 0.1) is 0 Å². The van der Waals surface area contributed by atoms with E-state index >= 15 is 0 Å². The van der Waals surface area contributed by atoms with Gasteiger partial charge in [-0.2, -0.15) is 0 Å². The average molecular weight is 291 g/mol. The van der Waals surface area contributed by atoms with Crippen LogP contribution in [0.5, 0.6) is 11.5 Å². The minimum atomic E-state index is 0.121. The zero-order valence-corrected chi connectivity index (χ0v) is 13.1. The number of ether oxygens (including phenoxy) is 2. The van der Waals surface area contributed by atoms with Crippen molar-refractivity contribution in [3.63, 3.8) is 0 Å². The summed E-state index contributed by atoms with van der Waals surface area (Å²) in [6.45, 7) is 5.00. The lowest BCUT2D eigenvalue weighted by Crippen LogP contribution is -2.16. The highest BCUT2D eigenvalue weighted by Crippen LogP contribution is 2.34. The minimum Gasteiger partial charge on any atom is -0.493 e. The second kappa shape index (κ2) is 7.34. The van der Waals surface area contributed by atoms with Crippen molar-refractivity contribution in [2.24, 2.45) is 0 Å². The number of hydrogen-bond donors (Lipinski definition) is 1. The Morgan fingerprint density at radius 3 is 2.71 bits per heavy atom. The lowest BCUT2D eigenvalue weighted by atomic mass is 9.98. The van der Waals surface area contributed by atoms with Gasteiger partial charge in [-0.3, -0.25) is 4.79 Å². The van der Waals surface area contributed by atoms with Gasteiger partial charge in [-0.25, -0.2) is 0 Å². The van der Waals surface area contributed by atoms with E-state index in [1.54, 1.807) is 7.11 Å². The molecule has 1 saturated heterocycles. The normalized spacial score (nSPS) is 19.2. The van der Waals surface area contributed by atoms with E-state index in [1.807, 2.05) is 18.2 Å². The molecule has 4 nitrogen and oxygen atoms in total. The van der Waals surface area contributed by atoms with Crippen molar-refractivity contribution >= 4 is 5.91 Å². The number of benzene rings is 1. The van der Waals surface area contributed by atoms with Gasteiger partial charge in [-0.15, -0.1) is 0 Å². The number of carbonyl (C=O) groups excluding carboxylic acids is 1. The van der Waals surface area contributed by atoms with E-state index < -0.39 is 0 Å². The first kappa shape index (κ1) is 15.7. The monoisotopic (exact) mass is 291 g/mol. The van der Waals surface area contributed by atoms with Crippen LogP contribution in [0.25, 0.3) is 0 Å². The number of carbonyl (C=O) groups is 1. The van der Waals surface area contributed by atoms with Gasteiger partial charge in [0.25, 0.3) is 0 Å². The second-order valence-corrected chi connectivity index (χ2v) is 5.55. The van der Waals surface area contributed by atoms with Crippen molar-refractivity contribution in [1.29, 1.82) is 0 Å². The molecule has 1 heterocycles. The summed E-state index contributed by atoms with van der Waals surface area (Å²) in [7, 11) is 1.66. The highest BCUT2D eigenvalue weighted by molar-refractivity contribution is 5.79. The maximum Gasteiger partial charge on any atom is 0.220 e. The minimum absolute atomic E-state index is 0.121. The number of amides is 1. The first-order chi connectivity index (χ1) is 10.2. The predicted molar refractivity (Wildman–Crippen MR) is 83.0 cm³/mol. The molecule has 0 spiro atoms. The predicted octanol–water partition coefficient (Wildman–Crippen LogP) is 3.26. The molecular weight excluding hydrogens is 266 g/mol. The molecule has 116 valence electrons. The molecule has 4 heteroatoms. The lowest BCUT2D eigenvalue weighted by molar-refractivity contribution is -0.119. The van der Waals surface area contributed by atoms with E-state index in [4.69, 9.17) is 9.47 Å². The quantitative estimate of drug-likeness (QED) is 0.839. The molecule has 0 radical (unpaired) electrons. The van der Waals surface area contributed by atoms with Gasteiger partial charge in [0.2, 0.25) is 5.91 Å². The van der Waals surface area contributed by atoms with E-state index in [9.17, 15) is 4.79 Å². The Bertz CT molecular complexity index is 487. The van der Waals surface area contributed by atoms with Crippen LogP contribution in [0.3, 0.4) is 0 Å². The SMILES string of the molecule is CCCC(CC)Oc1cc(C2CNC(=O)C2)ccc1OC. The highest BCUT2D eigenvalue weighted by Gasteiger charge is 2.24. The highest BCUT2D eigenvalue weighted by atomic mass is 16.5. The standard InChI is InChI=1S/C17H25NO3/c1-4-6-14(5-2)21-16-9-12(7-8-15(16)20-3)13-10-17(19)18-11-13/h7-9,13-14H,4-6,10-11H2,1-3H3,(H,18,19). The summed E-state index contributed by atoms with van der Waals surface area (Å²) >= 11 is 0. The van der Waals surface area contributed by atoms with Crippen molar-refractivity contribution in [2.45, 2.75) is 51.6 Å². The van der Waals surface area contributed by atoms with E-state index in [1.165, 1.54) is 0 Å². The van der Waals surface area contributed by atoms with Crippen LogP contribution in [-0.4, -0.2) is 25.7 Å². The smallest absolute Gasteiger partial charge is 0.220 e. The van der Waals surface area contributed by atoms with Gasteiger partial charge in [0.15, 0.2) is 11.5 Å². The third-order valence-corrected chi connectivity index (χ3v) is 4.00. The van der Waals surface area contributed by atoms with Crippen LogP contribution >= 0.6 is 0 Å². The Labute approximate surface area is 126 Å². The summed E-state index contributed by atoms with van der Waals surface area (Å²) in [6.07, 6.45) is 3.87.